The Morgan fingerprint density at radius 1 is 1.60 bits per heavy atom. The van der Waals surface area contributed by atoms with Gasteiger partial charge in [0, 0.05) is 0 Å². The summed E-state index contributed by atoms with van der Waals surface area (Å²) in [7, 11) is 0. The molecular weight excluding hydrogens is 208 g/mol. The molecule has 0 aromatic rings. The van der Waals surface area contributed by atoms with Gasteiger partial charge in [-0.3, -0.25) is 0 Å². The maximum Gasteiger partial charge on any atom is 1.00 e. The first kappa shape index (κ1) is 16.1. The van der Waals surface area contributed by atoms with Gasteiger partial charge in [-0.05, 0) is 0 Å². The molecule has 0 atom stereocenters. The van der Waals surface area contributed by atoms with E-state index in [2.05, 4.69) is 12.6 Å². The van der Waals surface area contributed by atoms with Gasteiger partial charge in [-0.25, -0.2) is 5.26 Å². The van der Waals surface area contributed by atoms with E-state index in [1.54, 1.807) is 0 Å². The minimum atomic E-state index is 0. The Hall–Kier alpha value is 1.44. The van der Waals surface area contributed by atoms with Crippen LogP contribution < -0.4 is 53.5 Å². The molecular formula is CINNaS-. The molecule has 0 saturated heterocycles. The van der Waals surface area contributed by atoms with Gasteiger partial charge in [0.05, 0.1) is 0 Å². The largest absolute Gasteiger partial charge is 1.00 e. The predicted octanol–water partition coefficient (Wildman–Crippen LogP) is -5.98. The molecule has 0 amide bonds. The zero-order valence-electron chi connectivity index (χ0n) is 2.73. The second-order valence-corrected chi connectivity index (χ2v) is 0.274. The average molecular weight is 208 g/mol. The maximum absolute atomic E-state index is 7.13. The van der Waals surface area contributed by atoms with E-state index in [1.165, 1.54) is 5.40 Å². The molecule has 0 radical (unpaired) electrons. The molecule has 0 spiro atoms. The van der Waals surface area contributed by atoms with Crippen LogP contribution in [0.2, 0.25) is 0 Å². The number of thiocyanates is 1. The van der Waals surface area contributed by atoms with Crippen LogP contribution in [0.4, 0.5) is 0 Å². The topological polar surface area (TPSA) is 23.8 Å². The van der Waals surface area contributed by atoms with Crippen LogP contribution in [-0.2, 0) is 12.6 Å². The zero-order chi connectivity index (χ0) is 2.71. The molecule has 24 valence electrons. The third-order valence-corrected chi connectivity index (χ3v) is 0. The summed E-state index contributed by atoms with van der Waals surface area (Å²) < 4.78 is 0. The van der Waals surface area contributed by atoms with Crippen molar-refractivity contribution in [1.29, 1.82) is 5.26 Å². The molecule has 0 aliphatic heterocycles. The van der Waals surface area contributed by atoms with Crippen molar-refractivity contribution < 1.29 is 53.5 Å². The Morgan fingerprint density at radius 3 is 1.60 bits per heavy atom. The summed E-state index contributed by atoms with van der Waals surface area (Å²) >= 11 is 3.70. The smallest absolute Gasteiger partial charge is 1.00 e. The Morgan fingerprint density at radius 2 is 1.60 bits per heavy atom. The summed E-state index contributed by atoms with van der Waals surface area (Å²) in [5.74, 6) is 0. The van der Waals surface area contributed by atoms with E-state index in [1.807, 2.05) is 0 Å². The summed E-state index contributed by atoms with van der Waals surface area (Å²) in [6, 6.07) is 0. The molecule has 0 bridgehead atoms. The molecule has 1 nitrogen and oxygen atoms in total. The van der Waals surface area contributed by atoms with Crippen LogP contribution in [0, 0.1) is 10.7 Å². The molecule has 0 saturated carbocycles. The van der Waals surface area contributed by atoms with Crippen molar-refractivity contribution in [3.05, 3.63) is 0 Å². The second-order valence-electron chi connectivity index (χ2n) is 0.0913. The van der Waals surface area contributed by atoms with E-state index in [0.29, 0.717) is 0 Å². The SMILES string of the molecule is N#C[S-].[I-].[Na+]. The fourth-order valence-corrected chi connectivity index (χ4v) is 0. The van der Waals surface area contributed by atoms with Gasteiger partial charge in [-0.1, -0.05) is 5.40 Å². The molecule has 0 fully saturated rings. The Bertz CT molecular complexity index is 33.1. The minimum Gasteiger partial charge on any atom is -1.00 e. The maximum atomic E-state index is 7.13. The third kappa shape index (κ3) is 31.0. The molecule has 0 heterocycles. The van der Waals surface area contributed by atoms with E-state index >= 15 is 0 Å². The first-order valence-corrected chi connectivity index (χ1v) is 0.836. The van der Waals surface area contributed by atoms with Crippen LogP contribution in [0.25, 0.3) is 0 Å². The van der Waals surface area contributed by atoms with Gasteiger partial charge in [0.2, 0.25) is 0 Å². The van der Waals surface area contributed by atoms with Crippen LogP contribution >= 0.6 is 0 Å². The summed E-state index contributed by atoms with van der Waals surface area (Å²) in [4.78, 5) is 0. The molecule has 0 aromatic heterocycles. The van der Waals surface area contributed by atoms with Crippen LogP contribution in [0.3, 0.4) is 0 Å². The molecule has 0 aliphatic rings. The van der Waals surface area contributed by atoms with Crippen LogP contribution in [0.15, 0.2) is 0 Å². The predicted molar refractivity (Wildman–Crippen MR) is 13.0 cm³/mol. The fourth-order valence-electron chi connectivity index (χ4n) is 0. The molecule has 0 unspecified atom stereocenters. The Labute approximate surface area is 75.8 Å². The number of rotatable bonds is 0. The van der Waals surface area contributed by atoms with Gasteiger partial charge in [0.15, 0.2) is 0 Å². The minimum absolute atomic E-state index is 0. The van der Waals surface area contributed by atoms with E-state index in [-0.39, 0.29) is 53.5 Å². The number of hydrogen-bond donors (Lipinski definition) is 0. The quantitative estimate of drug-likeness (QED) is 0.171. The van der Waals surface area contributed by atoms with Crippen LogP contribution in [0.1, 0.15) is 0 Å². The average Bonchev–Trinajstić information content (AvgIpc) is 0.918. The van der Waals surface area contributed by atoms with Gasteiger partial charge in [0.25, 0.3) is 0 Å². The van der Waals surface area contributed by atoms with Gasteiger partial charge >= 0.3 is 29.6 Å². The molecule has 0 N–H and O–H groups in total. The van der Waals surface area contributed by atoms with Gasteiger partial charge in [-0.2, -0.15) is 0 Å². The summed E-state index contributed by atoms with van der Waals surface area (Å²) in [5.41, 5.74) is 0. The standard InChI is InChI=1S/CHNS.HI.Na/c2-1-3;;/h3H;1H;/q;;+1/p-2. The first-order valence-electron chi connectivity index (χ1n) is 0.428. The zero-order valence-corrected chi connectivity index (χ0v) is 7.71. The van der Waals surface area contributed by atoms with E-state index in [9.17, 15) is 0 Å². The van der Waals surface area contributed by atoms with Crippen LogP contribution in [0.5, 0.6) is 0 Å². The van der Waals surface area contributed by atoms with Gasteiger partial charge < -0.3 is 36.6 Å². The van der Waals surface area contributed by atoms with Crippen molar-refractivity contribution in [3.63, 3.8) is 0 Å². The first-order chi connectivity index (χ1) is 1.41. The van der Waals surface area contributed by atoms with Crippen molar-refractivity contribution in [2.24, 2.45) is 0 Å². The third-order valence-electron chi connectivity index (χ3n) is 0. The summed E-state index contributed by atoms with van der Waals surface area (Å²) in [6.45, 7) is 0. The number of halogens is 1. The number of hydrogen-bond acceptors (Lipinski definition) is 2. The van der Waals surface area contributed by atoms with Crippen molar-refractivity contribution in [2.75, 3.05) is 0 Å². The van der Waals surface area contributed by atoms with E-state index in [4.69, 9.17) is 5.26 Å². The summed E-state index contributed by atoms with van der Waals surface area (Å²) in [5, 5.41) is 8.47. The molecule has 0 aliphatic carbocycles. The van der Waals surface area contributed by atoms with Crippen molar-refractivity contribution in [1.82, 2.24) is 0 Å². The Balaban J connectivity index is -0.0000000200. The van der Waals surface area contributed by atoms with Crippen molar-refractivity contribution in [3.8, 4) is 5.40 Å². The van der Waals surface area contributed by atoms with Crippen molar-refractivity contribution >= 4 is 12.6 Å². The summed E-state index contributed by atoms with van der Waals surface area (Å²) in [6.07, 6.45) is 0. The molecule has 0 rings (SSSR count). The second kappa shape index (κ2) is 18.0. The van der Waals surface area contributed by atoms with Crippen LogP contribution in [-0.4, -0.2) is 0 Å². The van der Waals surface area contributed by atoms with Gasteiger partial charge in [0.1, 0.15) is 0 Å². The molecule has 4 heteroatoms. The Kier molecular flexibility index (Phi) is 58.0. The molecule has 5 heavy (non-hydrogen) atoms. The van der Waals surface area contributed by atoms with E-state index < -0.39 is 0 Å². The fraction of sp³-hybridized carbons (Fsp3) is 0. The number of nitrogens with zero attached hydrogens (tertiary/aromatic N) is 1. The monoisotopic (exact) mass is 208 g/mol. The number of nitriles is 1. The van der Waals surface area contributed by atoms with Gasteiger partial charge in [-0.15, -0.1) is 0 Å². The van der Waals surface area contributed by atoms with E-state index in [0.717, 1.165) is 0 Å². The normalized spacial score (nSPS) is 1.40. The molecule has 0 aromatic carbocycles. The van der Waals surface area contributed by atoms with Crippen molar-refractivity contribution in [2.45, 2.75) is 0 Å².